The van der Waals surface area contributed by atoms with E-state index in [1.165, 1.54) is 37.6 Å². The number of halogens is 3. The average Bonchev–Trinajstić information content (AvgIpc) is 2.70. The Morgan fingerprint density at radius 2 is 2.03 bits per heavy atom. The van der Waals surface area contributed by atoms with Crippen LogP contribution in [-0.4, -0.2) is 62.9 Å². The second kappa shape index (κ2) is 9.16. The van der Waals surface area contributed by atoms with E-state index in [0.29, 0.717) is 33.0 Å². The molecule has 0 aliphatic carbocycles. The van der Waals surface area contributed by atoms with E-state index in [4.69, 9.17) is 16.3 Å². The summed E-state index contributed by atoms with van der Waals surface area (Å²) in [5.41, 5.74) is 0.249. The van der Waals surface area contributed by atoms with Gasteiger partial charge < -0.3 is 0 Å². The summed E-state index contributed by atoms with van der Waals surface area (Å²) in [6.07, 6.45) is 1.20. The van der Waals surface area contributed by atoms with Crippen LogP contribution in [0.2, 0.25) is 5.02 Å². The molecular weight excluding hydrogens is 491 g/mol. The van der Waals surface area contributed by atoms with Crippen LogP contribution in [0.1, 0.15) is 10.4 Å². The molecule has 159 valence electrons. The van der Waals surface area contributed by atoms with Crippen molar-refractivity contribution in [3.8, 4) is 5.75 Å². The van der Waals surface area contributed by atoms with Crippen molar-refractivity contribution >= 4 is 48.2 Å². The first-order valence-electron chi connectivity index (χ1n) is 9.21. The van der Waals surface area contributed by atoms with E-state index < -0.39 is 27.4 Å². The fraction of sp³-hybridized carbons (Fsp3) is 0.200. The third-order valence-electron chi connectivity index (χ3n) is 4.47. The maximum absolute atomic E-state index is 13.9. The molecule has 1 fully saturated rings. The van der Waals surface area contributed by atoms with E-state index in [1.807, 2.05) is 4.90 Å². The van der Waals surface area contributed by atoms with Crippen LogP contribution in [0.25, 0.3) is 0 Å². The Balaban J connectivity index is 1.41. The van der Waals surface area contributed by atoms with Crippen molar-refractivity contribution in [1.29, 1.82) is 0 Å². The van der Waals surface area contributed by atoms with Gasteiger partial charge in [-0.2, -0.15) is 0 Å². The van der Waals surface area contributed by atoms with Crippen LogP contribution in [0.4, 0.5) is 14.7 Å². The Bertz CT molecular complexity index is 1130. The predicted molar refractivity (Wildman–Crippen MR) is 113 cm³/mol. The number of hydrogen-bond acceptors (Lipinski definition) is 6. The van der Waals surface area contributed by atoms with Crippen LogP contribution >= 0.6 is 11.6 Å². The fourth-order valence-electron chi connectivity index (χ4n) is 2.94. The molecule has 0 bridgehead atoms. The van der Waals surface area contributed by atoms with Crippen molar-refractivity contribution < 1.29 is 18.3 Å². The van der Waals surface area contributed by atoms with Gasteiger partial charge in [-0.25, -0.2) is 0 Å². The van der Waals surface area contributed by atoms with Crippen molar-refractivity contribution in [3.63, 3.8) is 0 Å². The Morgan fingerprint density at radius 1 is 1.23 bits per heavy atom. The molecule has 1 N–H and O–H groups in total. The van der Waals surface area contributed by atoms with Crippen LogP contribution in [0.5, 0.6) is 5.75 Å². The third-order valence-corrected chi connectivity index (χ3v) is 6.66. The number of rotatable bonds is 6. The molecule has 3 aromatic rings. The van der Waals surface area contributed by atoms with Crippen LogP contribution in [0.3, 0.4) is 0 Å². The first-order chi connectivity index (χ1) is 14.9. The van der Waals surface area contributed by atoms with Crippen molar-refractivity contribution in [2.75, 3.05) is 25.0 Å². The number of anilines is 1. The molecule has 2 heterocycles. The van der Waals surface area contributed by atoms with Crippen LogP contribution in [0, 0.1) is 11.6 Å². The zero-order valence-corrected chi connectivity index (χ0v) is 18.9. The quantitative estimate of drug-likeness (QED) is 0.504. The summed E-state index contributed by atoms with van der Waals surface area (Å²) in [7, 11) is 1.49. The first-order valence-corrected chi connectivity index (χ1v) is 11.5. The summed E-state index contributed by atoms with van der Waals surface area (Å²) < 4.78 is 34.6. The molecule has 0 saturated carbocycles. The van der Waals surface area contributed by atoms with Gasteiger partial charge in [0.15, 0.2) is 0 Å². The number of ether oxygens (including phenoxy) is 1. The molecule has 1 saturated heterocycles. The van der Waals surface area contributed by atoms with Gasteiger partial charge in [0.2, 0.25) is 0 Å². The second-order valence-corrected chi connectivity index (χ2v) is 9.52. The van der Waals surface area contributed by atoms with Gasteiger partial charge in [0.1, 0.15) is 0 Å². The Hall–Kier alpha value is -2.77. The van der Waals surface area contributed by atoms with Crippen molar-refractivity contribution in [2.24, 2.45) is 0 Å². The average molecular weight is 507 g/mol. The zero-order valence-electron chi connectivity index (χ0n) is 16.2. The number of hydrogen-bond donors (Lipinski definition) is 1. The second-order valence-electron chi connectivity index (χ2n) is 6.69. The molecule has 7 nitrogen and oxygen atoms in total. The summed E-state index contributed by atoms with van der Waals surface area (Å²) in [5, 5.41) is 2.79. The SMILES string of the molecule is CNC(=O)c1cc(F)cc([As]c2ncnc(N3CC(Oc4ccc(Cl)cc4F)C3)n2)c1. The predicted octanol–water partition coefficient (Wildman–Crippen LogP) is 1.09. The fourth-order valence-corrected chi connectivity index (χ4v) is 4.93. The van der Waals surface area contributed by atoms with E-state index in [9.17, 15) is 13.6 Å². The molecule has 1 radical (unpaired) electrons. The molecular formula is C20H16AsClF2N5O2. The summed E-state index contributed by atoms with van der Waals surface area (Å²) in [4.78, 5) is 26.5. The molecule has 1 aromatic heterocycles. The molecule has 11 heteroatoms. The van der Waals surface area contributed by atoms with Crippen LogP contribution < -0.4 is 23.9 Å². The van der Waals surface area contributed by atoms with Gasteiger partial charge in [-0.3, -0.25) is 0 Å². The first kappa shape index (κ1) is 21.5. The zero-order chi connectivity index (χ0) is 22.0. The number of nitrogens with zero attached hydrogens (tertiary/aromatic N) is 4. The van der Waals surface area contributed by atoms with Gasteiger partial charge in [0.05, 0.1) is 0 Å². The van der Waals surface area contributed by atoms with E-state index in [-0.39, 0.29) is 23.3 Å². The minimum atomic E-state index is -0.750. The Kier molecular flexibility index (Phi) is 6.34. The topological polar surface area (TPSA) is 80.2 Å². The monoisotopic (exact) mass is 506 g/mol. The standard InChI is InChI=1S/C20H16AsClF2N5O2/c1-25-18(30)11-4-12(6-14(23)5-11)21-19-26-10-27-20(28-19)29-8-15(9-29)31-17-3-2-13(22)7-16(17)24/h2-7,10,15H,8-9H2,1H3,(H,25,30). The summed E-state index contributed by atoms with van der Waals surface area (Å²) in [6.45, 7) is 0.978. The number of aromatic nitrogens is 3. The van der Waals surface area contributed by atoms with Crippen LogP contribution in [0.15, 0.2) is 42.7 Å². The maximum atomic E-state index is 13.9. The number of amides is 1. The molecule has 1 aliphatic heterocycles. The molecule has 1 aliphatic rings. The third kappa shape index (κ3) is 5.11. The van der Waals surface area contributed by atoms with Crippen molar-refractivity contribution in [1.82, 2.24) is 20.3 Å². The molecule has 2 aromatic carbocycles. The summed E-state index contributed by atoms with van der Waals surface area (Å²) >= 11 is 5.00. The van der Waals surface area contributed by atoms with Crippen molar-refractivity contribution in [2.45, 2.75) is 6.10 Å². The summed E-state index contributed by atoms with van der Waals surface area (Å²) in [5.74, 6) is -0.739. The van der Waals surface area contributed by atoms with Gasteiger partial charge in [-0.15, -0.1) is 0 Å². The number of nitrogens with one attached hydrogen (secondary N) is 1. The van der Waals surface area contributed by atoms with Gasteiger partial charge in [0, 0.05) is 0 Å². The Morgan fingerprint density at radius 3 is 2.77 bits per heavy atom. The Labute approximate surface area is 188 Å². The van der Waals surface area contributed by atoms with E-state index in [2.05, 4.69) is 20.3 Å². The minimum absolute atomic E-state index is 0.147. The van der Waals surface area contributed by atoms with Gasteiger partial charge in [-0.1, -0.05) is 0 Å². The normalized spacial score (nSPS) is 14.0. The van der Waals surface area contributed by atoms with Crippen LogP contribution in [-0.2, 0) is 0 Å². The molecule has 1 amide bonds. The molecule has 0 unspecified atom stereocenters. The molecule has 31 heavy (non-hydrogen) atoms. The molecule has 0 spiro atoms. The molecule has 0 atom stereocenters. The summed E-state index contributed by atoms with van der Waals surface area (Å²) in [6, 6.07) is 8.48. The number of benzene rings is 2. The van der Waals surface area contributed by atoms with E-state index >= 15 is 0 Å². The van der Waals surface area contributed by atoms with Gasteiger partial charge in [-0.05, 0) is 0 Å². The molecule has 4 rings (SSSR count). The van der Waals surface area contributed by atoms with E-state index in [0.717, 1.165) is 0 Å². The van der Waals surface area contributed by atoms with Gasteiger partial charge >= 0.3 is 189 Å². The number of carbonyl (C=O) groups is 1. The van der Waals surface area contributed by atoms with E-state index in [1.54, 1.807) is 12.1 Å². The number of carbonyl (C=O) groups excluding carboxylic acids is 1. The van der Waals surface area contributed by atoms with Gasteiger partial charge in [0.25, 0.3) is 0 Å². The van der Waals surface area contributed by atoms with Crippen molar-refractivity contribution in [3.05, 3.63) is 64.9 Å².